The first kappa shape index (κ1) is 29.9. The number of H-pyrrole nitrogens is 1. The number of halogens is 2. The Morgan fingerprint density at radius 1 is 1.23 bits per heavy atom. The average molecular weight is 711 g/mol. The van der Waals surface area contributed by atoms with Gasteiger partial charge in [0.1, 0.15) is 17.3 Å². The predicted molar refractivity (Wildman–Crippen MR) is 176 cm³/mol. The van der Waals surface area contributed by atoms with Crippen LogP contribution in [0.2, 0.25) is 0 Å². The van der Waals surface area contributed by atoms with Crippen LogP contribution in [0.5, 0.6) is 0 Å². The molecule has 0 saturated carbocycles. The van der Waals surface area contributed by atoms with Crippen molar-refractivity contribution in [2.24, 2.45) is 0 Å². The fourth-order valence-electron chi connectivity index (χ4n) is 5.98. The fraction of sp³-hybridized carbons (Fsp3) is 0.355. The SMILES string of the molecule is CC(C)c1nccc(CCCI)c1-n1c(=O)nc(N2CCN(C(=O)O)CC2C)c2cc(F)c(-c3cccc4cn[nH]c34)nc21. The normalized spacial score (nSPS) is 15.5. The number of aromatic nitrogens is 6. The number of benzene rings is 1. The van der Waals surface area contributed by atoms with E-state index >= 15 is 4.39 Å². The van der Waals surface area contributed by atoms with Crippen LogP contribution in [0.3, 0.4) is 0 Å². The van der Waals surface area contributed by atoms with Gasteiger partial charge < -0.3 is 14.9 Å². The number of piperazine rings is 1. The van der Waals surface area contributed by atoms with E-state index in [-0.39, 0.29) is 42.2 Å². The molecule has 1 aromatic carbocycles. The summed E-state index contributed by atoms with van der Waals surface area (Å²) in [6.45, 7) is 6.64. The summed E-state index contributed by atoms with van der Waals surface area (Å²) in [5.74, 6) is -0.320. The van der Waals surface area contributed by atoms with Crippen molar-refractivity contribution >= 4 is 56.4 Å². The van der Waals surface area contributed by atoms with Crippen molar-refractivity contribution in [2.45, 2.75) is 45.6 Å². The van der Waals surface area contributed by atoms with E-state index in [1.807, 2.05) is 43.9 Å². The highest BCUT2D eigenvalue weighted by Gasteiger charge is 2.31. The van der Waals surface area contributed by atoms with E-state index in [1.165, 1.54) is 15.5 Å². The molecule has 11 nitrogen and oxygen atoms in total. The molecule has 1 amide bonds. The van der Waals surface area contributed by atoms with E-state index in [0.29, 0.717) is 35.1 Å². The molecule has 44 heavy (non-hydrogen) atoms. The van der Waals surface area contributed by atoms with Crippen LogP contribution in [0.4, 0.5) is 15.0 Å². The van der Waals surface area contributed by atoms with Crippen LogP contribution in [0.15, 0.2) is 47.5 Å². The molecule has 1 aliphatic rings. The molecule has 4 aromatic heterocycles. The number of anilines is 1. The lowest BCUT2D eigenvalue weighted by atomic mass is 10.0. The van der Waals surface area contributed by atoms with Gasteiger partial charge in [0, 0.05) is 42.8 Å². The number of amides is 1. The molecule has 1 aliphatic heterocycles. The zero-order chi connectivity index (χ0) is 31.1. The molecule has 6 rings (SSSR count). The first-order valence-corrected chi connectivity index (χ1v) is 16.1. The molecule has 1 saturated heterocycles. The summed E-state index contributed by atoms with van der Waals surface area (Å²) in [5.41, 5.74) is 3.19. The van der Waals surface area contributed by atoms with Crippen molar-refractivity contribution in [3.05, 3.63) is 70.3 Å². The maximum atomic E-state index is 16.2. The minimum atomic E-state index is -1.01. The molecule has 5 heterocycles. The largest absolute Gasteiger partial charge is 0.465 e. The van der Waals surface area contributed by atoms with Crippen LogP contribution in [-0.4, -0.2) is 75.9 Å². The molecule has 228 valence electrons. The van der Waals surface area contributed by atoms with Crippen molar-refractivity contribution in [2.75, 3.05) is 29.0 Å². The molecule has 5 aromatic rings. The summed E-state index contributed by atoms with van der Waals surface area (Å²) >= 11 is 2.34. The Kier molecular flexibility index (Phi) is 8.22. The first-order valence-electron chi connectivity index (χ1n) is 14.5. The number of nitrogens with zero attached hydrogens (tertiary/aromatic N) is 7. The minimum absolute atomic E-state index is 0.0195. The topological polar surface area (TPSA) is 133 Å². The number of pyridine rings is 2. The maximum Gasteiger partial charge on any atom is 0.407 e. The van der Waals surface area contributed by atoms with Crippen LogP contribution in [-0.2, 0) is 6.42 Å². The van der Waals surface area contributed by atoms with Gasteiger partial charge in [0.25, 0.3) is 0 Å². The van der Waals surface area contributed by atoms with Gasteiger partial charge in [0.05, 0.1) is 28.5 Å². The van der Waals surface area contributed by atoms with Crippen LogP contribution in [0.1, 0.15) is 44.4 Å². The van der Waals surface area contributed by atoms with Crippen molar-refractivity contribution < 1.29 is 14.3 Å². The second-order valence-electron chi connectivity index (χ2n) is 11.3. The Hall–Kier alpha value is -4.14. The van der Waals surface area contributed by atoms with Gasteiger partial charge in [-0.3, -0.25) is 10.1 Å². The van der Waals surface area contributed by atoms with Crippen LogP contribution in [0.25, 0.3) is 38.9 Å². The van der Waals surface area contributed by atoms with Crippen LogP contribution >= 0.6 is 22.6 Å². The first-order chi connectivity index (χ1) is 21.2. The second kappa shape index (κ2) is 12.1. The number of aromatic amines is 1. The number of nitrogens with one attached hydrogen (secondary N) is 1. The highest BCUT2D eigenvalue weighted by molar-refractivity contribution is 14.1. The third-order valence-electron chi connectivity index (χ3n) is 8.09. The lowest BCUT2D eigenvalue weighted by Gasteiger charge is -2.39. The molecule has 2 N–H and O–H groups in total. The average Bonchev–Trinajstić information content (AvgIpc) is 3.49. The van der Waals surface area contributed by atoms with Crippen LogP contribution < -0.4 is 10.6 Å². The van der Waals surface area contributed by atoms with Crippen molar-refractivity contribution in [1.29, 1.82) is 0 Å². The molecule has 1 unspecified atom stereocenters. The standard InChI is InChI=1S/C31H32FIN8O3/c1-17(2)24-27(19(7-5-10-33)9-11-34-24)41-29-22(28(37-30(41)42)40-13-12-39(31(43)44)16-18(40)3)14-23(32)26(36-29)21-8-4-6-20-15-35-38-25(20)21/h4,6,8-9,11,14-15,17-18H,5,7,10,12-13,16H2,1-3H3,(H,35,38)(H,43,44). The van der Waals surface area contributed by atoms with E-state index in [1.54, 1.807) is 18.5 Å². The smallest absolute Gasteiger partial charge is 0.407 e. The molecular formula is C31H32FIN8O3. The highest BCUT2D eigenvalue weighted by Crippen LogP contribution is 2.35. The number of hydrogen-bond donors (Lipinski definition) is 2. The van der Waals surface area contributed by atoms with Gasteiger partial charge in [-0.2, -0.15) is 10.1 Å². The highest BCUT2D eigenvalue weighted by atomic mass is 127. The second-order valence-corrected chi connectivity index (χ2v) is 12.4. The summed E-state index contributed by atoms with van der Waals surface area (Å²) in [7, 11) is 0. The molecule has 0 bridgehead atoms. The summed E-state index contributed by atoms with van der Waals surface area (Å²) in [4.78, 5) is 43.2. The van der Waals surface area contributed by atoms with Crippen molar-refractivity contribution in [3.63, 3.8) is 0 Å². The molecule has 13 heteroatoms. The number of carbonyl (C=O) groups is 1. The fourth-order valence-corrected chi connectivity index (χ4v) is 6.36. The zero-order valence-electron chi connectivity index (χ0n) is 24.6. The molecule has 1 fully saturated rings. The Bertz CT molecular complexity index is 1940. The maximum absolute atomic E-state index is 16.2. The van der Waals surface area contributed by atoms with Gasteiger partial charge in [0.15, 0.2) is 5.65 Å². The lowest BCUT2D eigenvalue weighted by Crippen LogP contribution is -2.54. The quantitative estimate of drug-likeness (QED) is 0.166. The van der Waals surface area contributed by atoms with E-state index in [0.717, 1.165) is 27.5 Å². The van der Waals surface area contributed by atoms with Gasteiger partial charge in [-0.15, -0.1) is 0 Å². The predicted octanol–water partition coefficient (Wildman–Crippen LogP) is 5.54. The molecular weight excluding hydrogens is 678 g/mol. The monoisotopic (exact) mass is 710 g/mol. The number of carboxylic acid groups (broad SMARTS) is 1. The summed E-state index contributed by atoms with van der Waals surface area (Å²) in [5, 5.41) is 17.8. The summed E-state index contributed by atoms with van der Waals surface area (Å²) in [6, 6.07) is 8.45. The van der Waals surface area contributed by atoms with Crippen LogP contribution in [0, 0.1) is 5.82 Å². The Morgan fingerprint density at radius 3 is 2.77 bits per heavy atom. The van der Waals surface area contributed by atoms with Gasteiger partial charge in [-0.25, -0.2) is 23.5 Å². The van der Waals surface area contributed by atoms with Gasteiger partial charge in [0.2, 0.25) is 0 Å². The molecule has 0 spiro atoms. The van der Waals surface area contributed by atoms with Crippen molar-refractivity contribution in [3.8, 4) is 16.9 Å². The Morgan fingerprint density at radius 2 is 2.05 bits per heavy atom. The summed E-state index contributed by atoms with van der Waals surface area (Å²) in [6.07, 6.45) is 4.03. The number of aryl methyl sites for hydroxylation is 1. The molecule has 0 radical (unpaired) electrons. The minimum Gasteiger partial charge on any atom is -0.465 e. The third-order valence-corrected chi connectivity index (χ3v) is 8.85. The number of para-hydroxylation sites is 1. The van der Waals surface area contributed by atoms with Crippen molar-refractivity contribution in [1.82, 2.24) is 34.6 Å². The van der Waals surface area contributed by atoms with E-state index < -0.39 is 17.6 Å². The zero-order valence-corrected chi connectivity index (χ0v) is 26.7. The number of fused-ring (bicyclic) bond motifs is 2. The Balaban J connectivity index is 1.67. The Labute approximate surface area is 266 Å². The van der Waals surface area contributed by atoms with Gasteiger partial charge in [-0.1, -0.05) is 54.6 Å². The van der Waals surface area contributed by atoms with Gasteiger partial charge in [-0.05, 0) is 47.8 Å². The van der Waals surface area contributed by atoms with Gasteiger partial charge >= 0.3 is 11.8 Å². The third kappa shape index (κ3) is 5.26. The summed E-state index contributed by atoms with van der Waals surface area (Å²) < 4.78 is 18.6. The van der Waals surface area contributed by atoms with E-state index in [2.05, 4.69) is 42.8 Å². The van der Waals surface area contributed by atoms with E-state index in [4.69, 9.17) is 4.98 Å². The molecule has 0 aliphatic carbocycles. The van der Waals surface area contributed by atoms with E-state index in [9.17, 15) is 14.7 Å². The number of rotatable bonds is 7. The molecule has 1 atom stereocenters. The number of alkyl halides is 1. The number of hydrogen-bond acceptors (Lipinski definition) is 7. The lowest BCUT2D eigenvalue weighted by molar-refractivity contribution is 0.136.